The van der Waals surface area contributed by atoms with Crippen LogP contribution in [0.2, 0.25) is 5.02 Å². The summed E-state index contributed by atoms with van der Waals surface area (Å²) in [7, 11) is 4.95. The van der Waals surface area contributed by atoms with Crippen molar-refractivity contribution in [1.82, 2.24) is 9.88 Å². The van der Waals surface area contributed by atoms with Crippen LogP contribution < -0.4 is 14.8 Å². The van der Waals surface area contributed by atoms with Gasteiger partial charge in [0.2, 0.25) is 5.91 Å². The number of likely N-dealkylation sites (N-methyl/N-ethyl adjacent to an activating group) is 1. The standard InChI is InChI=1S/C18H22ClN3O3/c1-22(9-6-13-4-7-20-8-5-13)12-18(23)21-15-11-16(24-2)14(19)10-17(15)25-3/h4-5,7-8,10-11H,6,9,12H2,1-3H3,(H,21,23). The van der Waals surface area contributed by atoms with Gasteiger partial charge in [-0.25, -0.2) is 0 Å². The van der Waals surface area contributed by atoms with Crippen LogP contribution in [0.25, 0.3) is 0 Å². The molecule has 25 heavy (non-hydrogen) atoms. The van der Waals surface area contributed by atoms with E-state index in [9.17, 15) is 4.79 Å². The van der Waals surface area contributed by atoms with Gasteiger partial charge in [0.05, 0.1) is 31.5 Å². The SMILES string of the molecule is COc1cc(NC(=O)CN(C)CCc2ccncc2)c(OC)cc1Cl. The predicted octanol–water partition coefficient (Wildman–Crippen LogP) is 2.87. The third kappa shape index (κ3) is 5.62. The summed E-state index contributed by atoms with van der Waals surface area (Å²) in [4.78, 5) is 18.2. The number of ether oxygens (including phenoxy) is 2. The number of hydrogen-bond donors (Lipinski definition) is 1. The molecule has 0 radical (unpaired) electrons. The van der Waals surface area contributed by atoms with Gasteiger partial charge in [0.1, 0.15) is 11.5 Å². The molecule has 0 atom stereocenters. The first-order valence-corrected chi connectivity index (χ1v) is 8.20. The number of amides is 1. The molecule has 1 amide bonds. The maximum Gasteiger partial charge on any atom is 0.238 e. The Balaban J connectivity index is 1.93. The largest absolute Gasteiger partial charge is 0.495 e. The molecule has 0 bridgehead atoms. The zero-order valence-corrected chi connectivity index (χ0v) is 15.3. The quantitative estimate of drug-likeness (QED) is 0.781. The van der Waals surface area contributed by atoms with E-state index in [2.05, 4.69) is 10.3 Å². The van der Waals surface area contributed by atoms with E-state index in [0.717, 1.165) is 13.0 Å². The number of nitrogens with one attached hydrogen (secondary N) is 1. The maximum atomic E-state index is 12.3. The van der Waals surface area contributed by atoms with Gasteiger partial charge in [-0.15, -0.1) is 0 Å². The highest BCUT2D eigenvalue weighted by Crippen LogP contribution is 2.35. The first-order chi connectivity index (χ1) is 12.0. The van der Waals surface area contributed by atoms with Crippen molar-refractivity contribution in [2.45, 2.75) is 6.42 Å². The highest BCUT2D eigenvalue weighted by molar-refractivity contribution is 6.32. The second-order valence-corrected chi connectivity index (χ2v) is 5.99. The number of benzene rings is 1. The van der Waals surface area contributed by atoms with Crippen molar-refractivity contribution in [2.24, 2.45) is 0 Å². The second-order valence-electron chi connectivity index (χ2n) is 5.58. The smallest absolute Gasteiger partial charge is 0.238 e. The number of carbonyl (C=O) groups is 1. The van der Waals surface area contributed by atoms with E-state index < -0.39 is 0 Å². The van der Waals surface area contributed by atoms with Crippen LogP contribution in [0.4, 0.5) is 5.69 Å². The lowest BCUT2D eigenvalue weighted by Crippen LogP contribution is -2.31. The van der Waals surface area contributed by atoms with Crippen molar-refractivity contribution in [1.29, 1.82) is 0 Å². The average Bonchev–Trinajstić information content (AvgIpc) is 2.61. The van der Waals surface area contributed by atoms with Gasteiger partial charge < -0.3 is 14.8 Å². The third-order valence-electron chi connectivity index (χ3n) is 3.69. The molecule has 0 aliphatic carbocycles. The molecule has 1 N–H and O–H groups in total. The Kier molecular flexibility index (Phi) is 7.03. The number of aromatic nitrogens is 1. The van der Waals surface area contributed by atoms with Crippen molar-refractivity contribution < 1.29 is 14.3 Å². The van der Waals surface area contributed by atoms with Gasteiger partial charge in [-0.05, 0) is 31.2 Å². The summed E-state index contributed by atoms with van der Waals surface area (Å²) in [5.74, 6) is 0.822. The monoisotopic (exact) mass is 363 g/mol. The number of methoxy groups -OCH3 is 2. The van der Waals surface area contributed by atoms with Crippen molar-refractivity contribution in [3.05, 3.63) is 47.2 Å². The highest BCUT2D eigenvalue weighted by Gasteiger charge is 2.13. The number of rotatable bonds is 8. The fourth-order valence-corrected chi connectivity index (χ4v) is 2.57. The topological polar surface area (TPSA) is 63.7 Å². The van der Waals surface area contributed by atoms with Crippen LogP contribution in [-0.2, 0) is 11.2 Å². The minimum atomic E-state index is -0.139. The van der Waals surface area contributed by atoms with Gasteiger partial charge in [-0.2, -0.15) is 0 Å². The molecule has 0 spiro atoms. The van der Waals surface area contributed by atoms with E-state index in [1.54, 1.807) is 24.5 Å². The lowest BCUT2D eigenvalue weighted by Gasteiger charge is -2.17. The molecule has 0 aliphatic rings. The zero-order chi connectivity index (χ0) is 18.2. The molecule has 0 saturated heterocycles. The Labute approximate surface area is 152 Å². The second kappa shape index (κ2) is 9.25. The van der Waals surface area contributed by atoms with E-state index in [0.29, 0.717) is 22.2 Å². The summed E-state index contributed by atoms with van der Waals surface area (Å²) >= 11 is 6.07. The number of anilines is 1. The van der Waals surface area contributed by atoms with Crippen LogP contribution in [0.1, 0.15) is 5.56 Å². The Morgan fingerprint density at radius 2 is 1.88 bits per heavy atom. The Morgan fingerprint density at radius 3 is 2.52 bits per heavy atom. The van der Waals surface area contributed by atoms with E-state index in [1.807, 2.05) is 24.1 Å². The fraction of sp³-hybridized carbons (Fsp3) is 0.333. The molecule has 2 rings (SSSR count). The van der Waals surface area contributed by atoms with Crippen LogP contribution in [-0.4, -0.2) is 50.1 Å². The summed E-state index contributed by atoms with van der Waals surface area (Å²) in [6.45, 7) is 1.03. The van der Waals surface area contributed by atoms with Crippen molar-refractivity contribution in [3.63, 3.8) is 0 Å². The molecule has 1 heterocycles. The summed E-state index contributed by atoms with van der Waals surface area (Å²) in [5, 5.41) is 3.26. The molecule has 7 heteroatoms. The van der Waals surface area contributed by atoms with Crippen molar-refractivity contribution in [3.8, 4) is 11.5 Å². The average molecular weight is 364 g/mol. The Hall–Kier alpha value is -2.31. The molecule has 0 saturated carbocycles. The first kappa shape index (κ1) is 19.0. The first-order valence-electron chi connectivity index (χ1n) is 7.82. The molecule has 0 unspecified atom stereocenters. The van der Waals surface area contributed by atoms with Gasteiger partial charge in [-0.1, -0.05) is 11.6 Å². The number of halogens is 1. The number of pyridine rings is 1. The van der Waals surface area contributed by atoms with E-state index in [1.165, 1.54) is 19.8 Å². The molecular formula is C18H22ClN3O3. The zero-order valence-electron chi connectivity index (χ0n) is 14.6. The number of nitrogens with zero attached hydrogens (tertiary/aromatic N) is 2. The van der Waals surface area contributed by atoms with Gasteiger partial charge in [0, 0.05) is 31.1 Å². The van der Waals surface area contributed by atoms with Crippen molar-refractivity contribution >= 4 is 23.2 Å². The molecule has 0 aliphatic heterocycles. The van der Waals surface area contributed by atoms with Crippen LogP contribution >= 0.6 is 11.6 Å². The lowest BCUT2D eigenvalue weighted by molar-refractivity contribution is -0.117. The van der Waals surface area contributed by atoms with Crippen LogP contribution in [0.3, 0.4) is 0 Å². The molecule has 1 aromatic heterocycles. The minimum Gasteiger partial charge on any atom is -0.495 e. The summed E-state index contributed by atoms with van der Waals surface area (Å²) < 4.78 is 10.4. The summed E-state index contributed by atoms with van der Waals surface area (Å²) in [6.07, 6.45) is 4.38. The van der Waals surface area contributed by atoms with Gasteiger partial charge in [0.15, 0.2) is 0 Å². The summed E-state index contributed by atoms with van der Waals surface area (Å²) in [6, 6.07) is 7.21. The van der Waals surface area contributed by atoms with Crippen LogP contribution in [0.5, 0.6) is 11.5 Å². The highest BCUT2D eigenvalue weighted by atomic mass is 35.5. The Bertz CT molecular complexity index is 710. The Morgan fingerprint density at radius 1 is 1.20 bits per heavy atom. The molecule has 2 aromatic rings. The molecule has 6 nitrogen and oxygen atoms in total. The lowest BCUT2D eigenvalue weighted by atomic mass is 10.2. The van der Waals surface area contributed by atoms with Crippen LogP contribution in [0, 0.1) is 0 Å². The fourth-order valence-electron chi connectivity index (χ4n) is 2.34. The number of carbonyl (C=O) groups excluding carboxylic acids is 1. The number of hydrogen-bond acceptors (Lipinski definition) is 5. The normalized spacial score (nSPS) is 10.6. The molecule has 134 valence electrons. The molecule has 0 fully saturated rings. The maximum absolute atomic E-state index is 12.3. The molecular weight excluding hydrogens is 342 g/mol. The van der Waals surface area contributed by atoms with Gasteiger partial charge >= 0.3 is 0 Å². The summed E-state index contributed by atoms with van der Waals surface area (Å²) in [5.41, 5.74) is 1.71. The van der Waals surface area contributed by atoms with Gasteiger partial charge in [0.25, 0.3) is 0 Å². The van der Waals surface area contributed by atoms with Crippen LogP contribution in [0.15, 0.2) is 36.7 Å². The van der Waals surface area contributed by atoms with E-state index in [4.69, 9.17) is 21.1 Å². The van der Waals surface area contributed by atoms with Gasteiger partial charge in [-0.3, -0.25) is 14.7 Å². The molecule has 1 aromatic carbocycles. The van der Waals surface area contributed by atoms with E-state index in [-0.39, 0.29) is 12.5 Å². The minimum absolute atomic E-state index is 0.139. The van der Waals surface area contributed by atoms with E-state index >= 15 is 0 Å². The van der Waals surface area contributed by atoms with Crippen molar-refractivity contribution in [2.75, 3.05) is 39.7 Å². The third-order valence-corrected chi connectivity index (χ3v) is 3.99. The predicted molar refractivity (Wildman–Crippen MR) is 98.6 cm³/mol.